The topological polar surface area (TPSA) is 12.5 Å². The van der Waals surface area contributed by atoms with Gasteiger partial charge in [-0.1, -0.05) is 30.3 Å². The van der Waals surface area contributed by atoms with Crippen molar-refractivity contribution >= 4 is 16.5 Å². The Kier molecular flexibility index (Phi) is 1.54. The molecular weight excluding hydrogens is 186 g/mol. The fraction of sp³-hybridized carbons (Fsp3) is 0.0769. The summed E-state index contributed by atoms with van der Waals surface area (Å²) in [5, 5.41) is 2.43. The highest BCUT2D eigenvalue weighted by atomic mass is 16.5. The van der Waals surface area contributed by atoms with Crippen molar-refractivity contribution < 1.29 is 4.74 Å². The summed E-state index contributed by atoms with van der Waals surface area (Å²) < 4.78 is 5.56. The van der Waals surface area contributed by atoms with Gasteiger partial charge in [0.15, 0.2) is 11.6 Å². The molecule has 0 aromatic heterocycles. The molecule has 0 amide bonds. The standard InChI is InChI=1S/C13H11NO/c1-9-14(2)13-11-6-4-3-5-10(11)7-8-12(13)15-9/h3-8H,1H2,2H3. The van der Waals surface area contributed by atoms with E-state index in [2.05, 4.69) is 24.8 Å². The molecule has 3 rings (SSSR count). The summed E-state index contributed by atoms with van der Waals surface area (Å²) >= 11 is 0. The van der Waals surface area contributed by atoms with E-state index >= 15 is 0 Å². The largest absolute Gasteiger partial charge is 0.439 e. The van der Waals surface area contributed by atoms with Gasteiger partial charge in [0.1, 0.15) is 0 Å². The van der Waals surface area contributed by atoms with Crippen LogP contribution in [-0.4, -0.2) is 7.05 Å². The van der Waals surface area contributed by atoms with Crippen LogP contribution in [0.2, 0.25) is 0 Å². The minimum Gasteiger partial charge on any atom is -0.439 e. The van der Waals surface area contributed by atoms with Crippen molar-refractivity contribution in [2.45, 2.75) is 0 Å². The second-order valence-corrected chi connectivity index (χ2v) is 3.69. The summed E-state index contributed by atoms with van der Waals surface area (Å²) in [6.45, 7) is 3.86. The third-order valence-electron chi connectivity index (χ3n) is 2.80. The Balaban J connectivity index is 2.40. The summed E-state index contributed by atoms with van der Waals surface area (Å²) in [5.41, 5.74) is 1.11. The van der Waals surface area contributed by atoms with Crippen LogP contribution >= 0.6 is 0 Å². The average Bonchev–Trinajstić information content (AvgIpc) is 2.55. The Hall–Kier alpha value is -1.96. The summed E-state index contributed by atoms with van der Waals surface area (Å²) in [6.07, 6.45) is 0. The van der Waals surface area contributed by atoms with E-state index in [0.717, 1.165) is 11.4 Å². The molecule has 0 bridgehead atoms. The van der Waals surface area contributed by atoms with Crippen LogP contribution in [0.1, 0.15) is 0 Å². The minimum atomic E-state index is 0.682. The number of rotatable bonds is 0. The number of ether oxygens (including phenoxy) is 1. The summed E-state index contributed by atoms with van der Waals surface area (Å²) in [6, 6.07) is 12.3. The third-order valence-corrected chi connectivity index (χ3v) is 2.80. The van der Waals surface area contributed by atoms with Gasteiger partial charge >= 0.3 is 0 Å². The highest BCUT2D eigenvalue weighted by Crippen LogP contribution is 2.42. The molecular formula is C13H11NO. The van der Waals surface area contributed by atoms with E-state index < -0.39 is 0 Å². The number of nitrogens with zero attached hydrogens (tertiary/aromatic N) is 1. The molecule has 0 saturated heterocycles. The normalized spacial score (nSPS) is 14.2. The van der Waals surface area contributed by atoms with Crippen LogP contribution in [0.5, 0.6) is 5.75 Å². The summed E-state index contributed by atoms with van der Waals surface area (Å²) in [7, 11) is 1.97. The van der Waals surface area contributed by atoms with Crippen LogP contribution in [0.25, 0.3) is 10.8 Å². The van der Waals surface area contributed by atoms with Gasteiger partial charge in [-0.05, 0) is 18.0 Å². The molecule has 0 radical (unpaired) electrons. The van der Waals surface area contributed by atoms with Gasteiger partial charge in [-0.15, -0.1) is 0 Å². The highest BCUT2D eigenvalue weighted by Gasteiger charge is 2.23. The van der Waals surface area contributed by atoms with Gasteiger partial charge in [0.05, 0.1) is 5.69 Å². The SMILES string of the molecule is C=C1Oc2ccc3ccccc3c2N1C. The number of fused-ring (bicyclic) bond motifs is 3. The van der Waals surface area contributed by atoms with E-state index in [9.17, 15) is 0 Å². The lowest BCUT2D eigenvalue weighted by atomic mass is 10.1. The molecule has 0 N–H and O–H groups in total. The molecule has 2 aromatic carbocycles. The zero-order chi connectivity index (χ0) is 10.4. The maximum absolute atomic E-state index is 5.56. The van der Waals surface area contributed by atoms with E-state index in [1.807, 2.05) is 30.1 Å². The zero-order valence-corrected chi connectivity index (χ0v) is 8.53. The second-order valence-electron chi connectivity index (χ2n) is 3.69. The van der Waals surface area contributed by atoms with Crippen LogP contribution in [0, 0.1) is 0 Å². The Morgan fingerprint density at radius 3 is 2.80 bits per heavy atom. The van der Waals surface area contributed by atoms with Crippen molar-refractivity contribution in [3.05, 3.63) is 48.9 Å². The van der Waals surface area contributed by atoms with E-state index in [4.69, 9.17) is 4.74 Å². The van der Waals surface area contributed by atoms with Crippen molar-refractivity contribution in [3.63, 3.8) is 0 Å². The first-order valence-electron chi connectivity index (χ1n) is 4.89. The van der Waals surface area contributed by atoms with Crippen LogP contribution in [-0.2, 0) is 0 Å². The van der Waals surface area contributed by atoms with Crippen molar-refractivity contribution in [3.8, 4) is 5.75 Å². The van der Waals surface area contributed by atoms with Gasteiger partial charge in [-0.25, -0.2) is 0 Å². The van der Waals surface area contributed by atoms with E-state index in [1.165, 1.54) is 10.8 Å². The molecule has 1 aliphatic heterocycles. The fourth-order valence-electron chi connectivity index (χ4n) is 1.98. The molecule has 0 aliphatic carbocycles. The maximum Gasteiger partial charge on any atom is 0.193 e. The molecule has 74 valence electrons. The Morgan fingerprint density at radius 1 is 1.13 bits per heavy atom. The lowest BCUT2D eigenvalue weighted by Crippen LogP contribution is -2.11. The van der Waals surface area contributed by atoms with Crippen LogP contribution in [0.15, 0.2) is 48.9 Å². The Morgan fingerprint density at radius 2 is 1.93 bits per heavy atom. The quantitative estimate of drug-likeness (QED) is 0.643. The molecule has 0 atom stereocenters. The molecule has 2 nitrogen and oxygen atoms in total. The van der Waals surface area contributed by atoms with E-state index in [1.54, 1.807) is 0 Å². The monoisotopic (exact) mass is 197 g/mol. The Bertz CT molecular complexity index is 559. The number of anilines is 1. The predicted octanol–water partition coefficient (Wildman–Crippen LogP) is 3.14. The summed E-state index contributed by atoms with van der Waals surface area (Å²) in [5.74, 6) is 1.57. The molecule has 0 saturated carbocycles. The summed E-state index contributed by atoms with van der Waals surface area (Å²) in [4.78, 5) is 1.98. The molecule has 0 spiro atoms. The van der Waals surface area contributed by atoms with Crippen molar-refractivity contribution in [1.29, 1.82) is 0 Å². The van der Waals surface area contributed by atoms with Crippen molar-refractivity contribution in [2.24, 2.45) is 0 Å². The molecule has 15 heavy (non-hydrogen) atoms. The van der Waals surface area contributed by atoms with E-state index in [-0.39, 0.29) is 0 Å². The highest BCUT2D eigenvalue weighted by molar-refractivity contribution is 5.99. The minimum absolute atomic E-state index is 0.682. The first-order valence-corrected chi connectivity index (χ1v) is 4.89. The lowest BCUT2D eigenvalue weighted by Gasteiger charge is -2.11. The average molecular weight is 197 g/mol. The molecule has 2 heteroatoms. The van der Waals surface area contributed by atoms with Gasteiger partial charge in [0.2, 0.25) is 0 Å². The number of hydrogen-bond donors (Lipinski definition) is 0. The number of benzene rings is 2. The van der Waals surface area contributed by atoms with Crippen LogP contribution in [0.4, 0.5) is 5.69 Å². The van der Waals surface area contributed by atoms with Gasteiger partial charge in [0, 0.05) is 12.4 Å². The van der Waals surface area contributed by atoms with Crippen LogP contribution < -0.4 is 9.64 Å². The molecule has 2 aromatic rings. The first-order chi connectivity index (χ1) is 7.27. The predicted molar refractivity (Wildman–Crippen MR) is 62.1 cm³/mol. The van der Waals surface area contributed by atoms with Gasteiger partial charge in [-0.2, -0.15) is 0 Å². The molecule has 0 fully saturated rings. The molecule has 1 heterocycles. The van der Waals surface area contributed by atoms with Gasteiger partial charge in [-0.3, -0.25) is 0 Å². The van der Waals surface area contributed by atoms with Crippen molar-refractivity contribution in [2.75, 3.05) is 11.9 Å². The molecule has 0 unspecified atom stereocenters. The van der Waals surface area contributed by atoms with Gasteiger partial charge < -0.3 is 9.64 Å². The first kappa shape index (κ1) is 8.36. The van der Waals surface area contributed by atoms with Gasteiger partial charge in [0.25, 0.3) is 0 Å². The fourth-order valence-corrected chi connectivity index (χ4v) is 1.98. The molecule has 1 aliphatic rings. The third kappa shape index (κ3) is 1.05. The number of hydrogen-bond acceptors (Lipinski definition) is 2. The zero-order valence-electron chi connectivity index (χ0n) is 8.53. The maximum atomic E-state index is 5.56. The Labute approximate surface area is 88.4 Å². The van der Waals surface area contributed by atoms with Crippen molar-refractivity contribution in [1.82, 2.24) is 0 Å². The lowest BCUT2D eigenvalue weighted by molar-refractivity contribution is 0.446. The second kappa shape index (κ2) is 2.76. The van der Waals surface area contributed by atoms with Crippen LogP contribution in [0.3, 0.4) is 0 Å². The smallest absolute Gasteiger partial charge is 0.193 e. The van der Waals surface area contributed by atoms with E-state index in [0.29, 0.717) is 5.88 Å².